The second kappa shape index (κ2) is 8.25. The van der Waals surface area contributed by atoms with E-state index in [-0.39, 0.29) is 0 Å². The predicted molar refractivity (Wildman–Crippen MR) is 87.5 cm³/mol. The second-order valence-electron chi connectivity index (χ2n) is 5.17. The maximum atomic E-state index is 10.2. The van der Waals surface area contributed by atoms with Crippen molar-refractivity contribution in [3.8, 4) is 0 Å². The molecule has 0 aliphatic rings. The van der Waals surface area contributed by atoms with E-state index >= 15 is 0 Å². The van der Waals surface area contributed by atoms with Crippen molar-refractivity contribution in [1.29, 1.82) is 0 Å². The monoisotopic (exact) mass is 285 g/mol. The van der Waals surface area contributed by atoms with Crippen molar-refractivity contribution in [2.24, 2.45) is 0 Å². The standard InChI is InChI=1S/C17H23N3O/c1-2-3-5-14-6-7-15-8-11-20-17(16(15)12-14)19-10-4-9-18-13-21/h6-8,11-13H,2-5,9-10H2,1H3,(H,18,21)(H,19,20). The lowest BCUT2D eigenvalue weighted by Crippen LogP contribution is -2.16. The molecule has 1 heterocycles. The fourth-order valence-corrected chi connectivity index (χ4v) is 2.35. The van der Waals surface area contributed by atoms with E-state index in [1.54, 1.807) is 0 Å². The van der Waals surface area contributed by atoms with Gasteiger partial charge in [0, 0.05) is 24.7 Å². The summed E-state index contributed by atoms with van der Waals surface area (Å²) in [6.45, 7) is 3.69. The highest BCUT2D eigenvalue weighted by atomic mass is 16.1. The van der Waals surface area contributed by atoms with Crippen LogP contribution in [0.1, 0.15) is 31.7 Å². The molecule has 0 spiro atoms. The molecule has 0 fully saturated rings. The van der Waals surface area contributed by atoms with Crippen LogP contribution < -0.4 is 10.6 Å². The molecule has 2 aromatic rings. The van der Waals surface area contributed by atoms with Crippen molar-refractivity contribution in [2.45, 2.75) is 32.6 Å². The number of aromatic nitrogens is 1. The molecule has 0 bridgehead atoms. The largest absolute Gasteiger partial charge is 0.369 e. The highest BCUT2D eigenvalue weighted by molar-refractivity contribution is 5.92. The van der Waals surface area contributed by atoms with E-state index in [1.807, 2.05) is 12.3 Å². The summed E-state index contributed by atoms with van der Waals surface area (Å²) >= 11 is 0. The van der Waals surface area contributed by atoms with Gasteiger partial charge in [0.2, 0.25) is 6.41 Å². The number of aryl methyl sites for hydroxylation is 1. The Morgan fingerprint density at radius 3 is 2.90 bits per heavy atom. The topological polar surface area (TPSA) is 54.0 Å². The third-order valence-corrected chi connectivity index (χ3v) is 3.52. The van der Waals surface area contributed by atoms with Crippen molar-refractivity contribution in [2.75, 3.05) is 18.4 Å². The number of fused-ring (bicyclic) bond motifs is 1. The summed E-state index contributed by atoms with van der Waals surface area (Å²) in [6, 6.07) is 8.65. The summed E-state index contributed by atoms with van der Waals surface area (Å²) < 4.78 is 0. The summed E-state index contributed by atoms with van der Waals surface area (Å²) in [7, 11) is 0. The molecule has 21 heavy (non-hydrogen) atoms. The van der Waals surface area contributed by atoms with Crippen LogP contribution in [0.5, 0.6) is 0 Å². The molecule has 0 saturated carbocycles. The Bertz CT molecular complexity index is 583. The maximum Gasteiger partial charge on any atom is 0.207 e. The van der Waals surface area contributed by atoms with Crippen LogP contribution in [0.4, 0.5) is 5.82 Å². The van der Waals surface area contributed by atoms with Gasteiger partial charge in [0.15, 0.2) is 0 Å². The van der Waals surface area contributed by atoms with Gasteiger partial charge in [-0.05, 0) is 42.3 Å². The Labute approximate surface area is 126 Å². The van der Waals surface area contributed by atoms with Crippen LogP contribution in [0.2, 0.25) is 0 Å². The maximum absolute atomic E-state index is 10.2. The first-order chi connectivity index (χ1) is 10.3. The number of hydrogen-bond acceptors (Lipinski definition) is 3. The van der Waals surface area contributed by atoms with Crippen LogP contribution in [0.3, 0.4) is 0 Å². The second-order valence-corrected chi connectivity index (χ2v) is 5.17. The fraction of sp³-hybridized carbons (Fsp3) is 0.412. The van der Waals surface area contributed by atoms with E-state index in [2.05, 4.69) is 40.7 Å². The van der Waals surface area contributed by atoms with Crippen LogP contribution >= 0.6 is 0 Å². The van der Waals surface area contributed by atoms with Gasteiger partial charge in [-0.15, -0.1) is 0 Å². The summed E-state index contributed by atoms with van der Waals surface area (Å²) in [5.74, 6) is 0.928. The van der Waals surface area contributed by atoms with Gasteiger partial charge in [-0.1, -0.05) is 25.5 Å². The van der Waals surface area contributed by atoms with Gasteiger partial charge in [0.25, 0.3) is 0 Å². The van der Waals surface area contributed by atoms with Gasteiger partial charge < -0.3 is 10.6 Å². The first-order valence-electron chi connectivity index (χ1n) is 7.63. The zero-order valence-electron chi connectivity index (χ0n) is 12.6. The number of anilines is 1. The van der Waals surface area contributed by atoms with Gasteiger partial charge in [-0.2, -0.15) is 0 Å². The molecule has 1 amide bonds. The van der Waals surface area contributed by atoms with Crippen molar-refractivity contribution in [1.82, 2.24) is 10.3 Å². The minimum atomic E-state index is 0.684. The first-order valence-corrected chi connectivity index (χ1v) is 7.63. The molecule has 2 rings (SSSR count). The molecule has 4 heteroatoms. The lowest BCUT2D eigenvalue weighted by atomic mass is 10.0. The molecule has 0 saturated heterocycles. The van der Waals surface area contributed by atoms with Crippen molar-refractivity contribution < 1.29 is 4.79 Å². The number of carbonyl (C=O) groups excluding carboxylic acids is 1. The SMILES string of the molecule is CCCCc1ccc2ccnc(NCCCNC=O)c2c1. The molecular formula is C17H23N3O. The van der Waals surface area contributed by atoms with Crippen molar-refractivity contribution in [3.63, 3.8) is 0 Å². The van der Waals surface area contributed by atoms with Gasteiger partial charge in [0.05, 0.1) is 0 Å². The number of amides is 1. The van der Waals surface area contributed by atoms with Crippen LogP contribution in [-0.2, 0) is 11.2 Å². The van der Waals surface area contributed by atoms with E-state index in [0.29, 0.717) is 6.54 Å². The average Bonchev–Trinajstić information content (AvgIpc) is 2.52. The fourth-order valence-electron chi connectivity index (χ4n) is 2.35. The quantitative estimate of drug-likeness (QED) is 0.550. The molecule has 0 unspecified atom stereocenters. The lowest BCUT2D eigenvalue weighted by Gasteiger charge is -2.10. The van der Waals surface area contributed by atoms with Crippen molar-refractivity contribution >= 4 is 23.0 Å². The third kappa shape index (κ3) is 4.45. The highest BCUT2D eigenvalue weighted by Crippen LogP contribution is 2.23. The van der Waals surface area contributed by atoms with E-state index in [9.17, 15) is 4.79 Å². The molecular weight excluding hydrogens is 262 g/mol. The van der Waals surface area contributed by atoms with E-state index in [4.69, 9.17) is 0 Å². The van der Waals surface area contributed by atoms with Crippen LogP contribution in [0.15, 0.2) is 30.5 Å². The molecule has 0 atom stereocenters. The Kier molecular flexibility index (Phi) is 6.00. The zero-order chi connectivity index (χ0) is 14.9. The number of hydrogen-bond donors (Lipinski definition) is 2. The summed E-state index contributed by atoms with van der Waals surface area (Å²) in [5, 5.41) is 8.41. The van der Waals surface area contributed by atoms with Gasteiger partial charge in [-0.3, -0.25) is 4.79 Å². The Morgan fingerprint density at radius 1 is 1.19 bits per heavy atom. The Balaban J connectivity index is 2.08. The Morgan fingerprint density at radius 2 is 2.10 bits per heavy atom. The zero-order valence-corrected chi connectivity index (χ0v) is 12.6. The first kappa shape index (κ1) is 15.3. The summed E-state index contributed by atoms with van der Waals surface area (Å²) in [5.41, 5.74) is 1.36. The highest BCUT2D eigenvalue weighted by Gasteiger charge is 2.03. The number of pyridine rings is 1. The van der Waals surface area contributed by atoms with Gasteiger partial charge in [0.1, 0.15) is 5.82 Å². The molecule has 112 valence electrons. The number of unbranched alkanes of at least 4 members (excludes halogenated alkanes) is 1. The smallest absolute Gasteiger partial charge is 0.207 e. The summed E-state index contributed by atoms with van der Waals surface area (Å²) in [4.78, 5) is 14.6. The summed E-state index contributed by atoms with van der Waals surface area (Å²) in [6.07, 6.45) is 6.98. The van der Waals surface area contributed by atoms with E-state index in [1.165, 1.54) is 29.2 Å². The number of carbonyl (C=O) groups is 1. The van der Waals surface area contributed by atoms with Crippen LogP contribution in [0, 0.1) is 0 Å². The molecule has 0 aliphatic carbocycles. The van der Waals surface area contributed by atoms with E-state index in [0.717, 1.165) is 31.6 Å². The minimum absolute atomic E-state index is 0.684. The average molecular weight is 285 g/mol. The lowest BCUT2D eigenvalue weighted by molar-refractivity contribution is -0.109. The van der Waals surface area contributed by atoms with Crippen molar-refractivity contribution in [3.05, 3.63) is 36.0 Å². The number of benzene rings is 1. The number of nitrogens with one attached hydrogen (secondary N) is 2. The number of nitrogens with zero attached hydrogens (tertiary/aromatic N) is 1. The third-order valence-electron chi connectivity index (χ3n) is 3.52. The minimum Gasteiger partial charge on any atom is -0.369 e. The molecule has 1 aromatic carbocycles. The normalized spacial score (nSPS) is 10.5. The Hall–Kier alpha value is -2.10. The molecule has 0 aliphatic heterocycles. The number of rotatable bonds is 9. The molecule has 1 aromatic heterocycles. The van der Waals surface area contributed by atoms with Crippen LogP contribution in [0.25, 0.3) is 10.8 Å². The predicted octanol–water partition coefficient (Wildman–Crippen LogP) is 3.13. The van der Waals surface area contributed by atoms with Crippen LogP contribution in [-0.4, -0.2) is 24.5 Å². The molecule has 4 nitrogen and oxygen atoms in total. The van der Waals surface area contributed by atoms with Gasteiger partial charge in [-0.25, -0.2) is 4.98 Å². The molecule has 2 N–H and O–H groups in total. The van der Waals surface area contributed by atoms with E-state index < -0.39 is 0 Å². The van der Waals surface area contributed by atoms with Gasteiger partial charge >= 0.3 is 0 Å². The molecule has 0 radical (unpaired) electrons.